The number of amides is 1. The average Bonchev–Trinajstić information content (AvgIpc) is 3.27. The zero-order valence-corrected chi connectivity index (χ0v) is 15.4. The van der Waals surface area contributed by atoms with E-state index in [2.05, 4.69) is 25.5 Å². The third-order valence-electron chi connectivity index (χ3n) is 4.34. The molecule has 0 aliphatic heterocycles. The molecule has 1 amide bonds. The van der Waals surface area contributed by atoms with Gasteiger partial charge in [0.1, 0.15) is 17.8 Å². The standard InChI is InChI=1S/C19H18FN7O/c1-12-9-13(2)26(25-12)8-7-21-18(28)17-10-16(14-3-5-15(20)6-4-14)24-19-22-11-23-27(17)19/h3-6,9-11H,7-8H2,1-2H3,(H,21,28). The normalized spacial score (nSPS) is 11.1. The summed E-state index contributed by atoms with van der Waals surface area (Å²) in [6, 6.07) is 9.51. The van der Waals surface area contributed by atoms with Crippen molar-refractivity contribution in [1.82, 2.24) is 34.7 Å². The van der Waals surface area contributed by atoms with Crippen molar-refractivity contribution >= 4 is 11.7 Å². The van der Waals surface area contributed by atoms with Crippen molar-refractivity contribution in [3.8, 4) is 11.3 Å². The quantitative estimate of drug-likeness (QED) is 0.574. The molecule has 9 heteroatoms. The lowest BCUT2D eigenvalue weighted by Crippen LogP contribution is -2.29. The van der Waals surface area contributed by atoms with Crippen LogP contribution in [0.25, 0.3) is 17.0 Å². The summed E-state index contributed by atoms with van der Waals surface area (Å²) < 4.78 is 16.4. The van der Waals surface area contributed by atoms with Crippen LogP contribution in [0.3, 0.4) is 0 Å². The summed E-state index contributed by atoms with van der Waals surface area (Å²) in [5.74, 6) is -0.345. The summed E-state index contributed by atoms with van der Waals surface area (Å²) >= 11 is 0. The molecule has 0 saturated carbocycles. The van der Waals surface area contributed by atoms with Gasteiger partial charge in [-0.25, -0.2) is 9.37 Å². The van der Waals surface area contributed by atoms with Gasteiger partial charge in [0.2, 0.25) is 0 Å². The van der Waals surface area contributed by atoms with Gasteiger partial charge in [0.05, 0.1) is 17.9 Å². The lowest BCUT2D eigenvalue weighted by atomic mass is 10.1. The minimum absolute atomic E-state index is 0.297. The van der Waals surface area contributed by atoms with E-state index < -0.39 is 0 Å². The maximum absolute atomic E-state index is 13.2. The van der Waals surface area contributed by atoms with Crippen LogP contribution < -0.4 is 5.32 Å². The maximum atomic E-state index is 13.2. The van der Waals surface area contributed by atoms with Crippen LogP contribution in [-0.2, 0) is 6.54 Å². The monoisotopic (exact) mass is 379 g/mol. The Morgan fingerprint density at radius 3 is 2.68 bits per heavy atom. The predicted molar refractivity (Wildman–Crippen MR) is 100 cm³/mol. The highest BCUT2D eigenvalue weighted by Gasteiger charge is 2.15. The van der Waals surface area contributed by atoms with Gasteiger partial charge in [-0.05, 0) is 50.2 Å². The van der Waals surface area contributed by atoms with E-state index in [1.807, 2.05) is 24.6 Å². The van der Waals surface area contributed by atoms with Gasteiger partial charge < -0.3 is 5.32 Å². The van der Waals surface area contributed by atoms with Crippen LogP contribution in [-0.4, -0.2) is 41.8 Å². The van der Waals surface area contributed by atoms with Crippen molar-refractivity contribution in [3.05, 3.63) is 65.6 Å². The molecule has 3 aromatic heterocycles. The number of halogens is 1. The Balaban J connectivity index is 1.58. The first-order valence-electron chi connectivity index (χ1n) is 8.77. The second-order valence-electron chi connectivity index (χ2n) is 6.41. The van der Waals surface area contributed by atoms with Crippen LogP contribution in [0.15, 0.2) is 42.7 Å². The van der Waals surface area contributed by atoms with Crippen LogP contribution in [0, 0.1) is 19.7 Å². The van der Waals surface area contributed by atoms with Crippen molar-refractivity contribution in [2.24, 2.45) is 0 Å². The molecule has 0 fully saturated rings. The van der Waals surface area contributed by atoms with Gasteiger partial charge in [0, 0.05) is 17.8 Å². The van der Waals surface area contributed by atoms with Gasteiger partial charge in [0.15, 0.2) is 0 Å². The smallest absolute Gasteiger partial charge is 0.270 e. The highest BCUT2D eigenvalue weighted by Crippen LogP contribution is 2.19. The number of hydrogen-bond acceptors (Lipinski definition) is 5. The van der Waals surface area contributed by atoms with Crippen molar-refractivity contribution in [3.63, 3.8) is 0 Å². The zero-order valence-electron chi connectivity index (χ0n) is 15.4. The summed E-state index contributed by atoms with van der Waals surface area (Å²) in [6.45, 7) is 4.86. The second-order valence-corrected chi connectivity index (χ2v) is 6.41. The summed E-state index contributed by atoms with van der Waals surface area (Å²) in [5.41, 5.74) is 3.47. The van der Waals surface area contributed by atoms with E-state index in [1.54, 1.807) is 18.2 Å². The molecule has 0 aliphatic rings. The Labute approximate surface area is 160 Å². The highest BCUT2D eigenvalue weighted by molar-refractivity contribution is 5.94. The van der Waals surface area contributed by atoms with Gasteiger partial charge in [0.25, 0.3) is 11.7 Å². The first-order valence-corrected chi connectivity index (χ1v) is 8.77. The fraction of sp³-hybridized carbons (Fsp3) is 0.211. The number of rotatable bonds is 5. The number of carbonyl (C=O) groups excluding carboxylic acids is 1. The zero-order chi connectivity index (χ0) is 19.7. The number of aromatic nitrogens is 6. The highest BCUT2D eigenvalue weighted by atomic mass is 19.1. The number of fused-ring (bicyclic) bond motifs is 1. The van der Waals surface area contributed by atoms with Crippen LogP contribution in [0.5, 0.6) is 0 Å². The molecular formula is C19H18FN7O. The molecule has 8 nitrogen and oxygen atoms in total. The van der Waals surface area contributed by atoms with E-state index in [1.165, 1.54) is 23.0 Å². The minimum atomic E-state index is -0.338. The van der Waals surface area contributed by atoms with Gasteiger partial charge in [-0.1, -0.05) is 0 Å². The van der Waals surface area contributed by atoms with E-state index in [0.717, 1.165) is 11.4 Å². The third kappa shape index (κ3) is 3.46. The molecule has 0 bridgehead atoms. The number of benzene rings is 1. The van der Waals surface area contributed by atoms with E-state index in [-0.39, 0.29) is 11.7 Å². The molecule has 28 heavy (non-hydrogen) atoms. The van der Waals surface area contributed by atoms with Crippen molar-refractivity contribution in [2.75, 3.05) is 6.54 Å². The SMILES string of the molecule is Cc1cc(C)n(CCNC(=O)c2cc(-c3ccc(F)cc3)nc3ncnn23)n1. The minimum Gasteiger partial charge on any atom is -0.349 e. The first-order chi connectivity index (χ1) is 13.5. The maximum Gasteiger partial charge on any atom is 0.270 e. The molecule has 3 heterocycles. The molecule has 0 unspecified atom stereocenters. The van der Waals surface area contributed by atoms with Gasteiger partial charge in [-0.3, -0.25) is 9.48 Å². The van der Waals surface area contributed by atoms with E-state index in [9.17, 15) is 9.18 Å². The second kappa shape index (κ2) is 7.18. The van der Waals surface area contributed by atoms with Gasteiger partial charge >= 0.3 is 0 Å². The van der Waals surface area contributed by atoms with E-state index in [0.29, 0.717) is 35.8 Å². The third-order valence-corrected chi connectivity index (χ3v) is 4.34. The Morgan fingerprint density at radius 1 is 1.18 bits per heavy atom. The predicted octanol–water partition coefficient (Wildman–Crippen LogP) is 2.17. The lowest BCUT2D eigenvalue weighted by Gasteiger charge is -2.09. The Morgan fingerprint density at radius 2 is 1.96 bits per heavy atom. The molecule has 4 rings (SSSR count). The van der Waals surface area contributed by atoms with E-state index >= 15 is 0 Å². The first kappa shape index (κ1) is 17.8. The number of nitrogens with zero attached hydrogens (tertiary/aromatic N) is 6. The Kier molecular flexibility index (Phi) is 4.56. The van der Waals surface area contributed by atoms with Crippen molar-refractivity contribution in [1.29, 1.82) is 0 Å². The molecule has 0 radical (unpaired) electrons. The molecule has 142 valence electrons. The van der Waals surface area contributed by atoms with Crippen LogP contribution in [0.2, 0.25) is 0 Å². The van der Waals surface area contributed by atoms with Gasteiger partial charge in [-0.15, -0.1) is 0 Å². The fourth-order valence-electron chi connectivity index (χ4n) is 3.01. The Bertz CT molecular complexity index is 1150. The van der Waals surface area contributed by atoms with Gasteiger partial charge in [-0.2, -0.15) is 19.7 Å². The lowest BCUT2D eigenvalue weighted by molar-refractivity contribution is 0.0944. The van der Waals surface area contributed by atoms with Crippen LogP contribution in [0.4, 0.5) is 4.39 Å². The topological polar surface area (TPSA) is 90.0 Å². The summed E-state index contributed by atoms with van der Waals surface area (Å²) in [7, 11) is 0. The molecule has 4 aromatic rings. The Hall–Kier alpha value is -3.62. The summed E-state index contributed by atoms with van der Waals surface area (Å²) in [5, 5.41) is 11.3. The fourth-order valence-corrected chi connectivity index (χ4v) is 3.01. The molecule has 1 aromatic carbocycles. The number of nitrogens with one attached hydrogen (secondary N) is 1. The van der Waals surface area contributed by atoms with Crippen LogP contribution in [0.1, 0.15) is 21.9 Å². The molecule has 0 atom stereocenters. The average molecular weight is 379 g/mol. The molecule has 0 aliphatic carbocycles. The van der Waals surface area contributed by atoms with Crippen molar-refractivity contribution < 1.29 is 9.18 Å². The molecule has 0 spiro atoms. The van der Waals surface area contributed by atoms with Crippen LogP contribution >= 0.6 is 0 Å². The summed E-state index contributed by atoms with van der Waals surface area (Å²) in [4.78, 5) is 21.2. The number of hydrogen-bond donors (Lipinski definition) is 1. The number of aryl methyl sites for hydroxylation is 2. The summed E-state index contributed by atoms with van der Waals surface area (Å²) in [6.07, 6.45) is 1.34. The largest absolute Gasteiger partial charge is 0.349 e. The van der Waals surface area contributed by atoms with E-state index in [4.69, 9.17) is 0 Å². The molecular weight excluding hydrogens is 361 g/mol. The molecule has 0 saturated heterocycles. The van der Waals surface area contributed by atoms with Crippen molar-refractivity contribution in [2.45, 2.75) is 20.4 Å². The molecule has 1 N–H and O–H groups in total. The number of carbonyl (C=O) groups is 1.